The van der Waals surface area contributed by atoms with E-state index in [0.717, 1.165) is 10.9 Å². The summed E-state index contributed by atoms with van der Waals surface area (Å²) in [6.07, 6.45) is 0.652. The number of halogens is 1. The molecule has 0 saturated heterocycles. The fraction of sp³-hybridized carbons (Fsp3) is 0.211. The van der Waals surface area contributed by atoms with Gasteiger partial charge in [0.05, 0.1) is 0 Å². The molecule has 2 N–H and O–H groups in total. The summed E-state index contributed by atoms with van der Waals surface area (Å²) >= 11 is 5.84. The number of hydrogen-bond acceptors (Lipinski definition) is 5. The Hall–Kier alpha value is -2.86. The topological polar surface area (TPSA) is 87.3 Å². The van der Waals surface area contributed by atoms with E-state index in [4.69, 9.17) is 26.8 Å². The normalized spacial score (nSPS) is 11.4. The Kier molecular flexibility index (Phi) is 4.70. The fourth-order valence-electron chi connectivity index (χ4n) is 2.66. The number of fused-ring (bicyclic) bond motifs is 1. The number of hydrogen-bond donors (Lipinski definition) is 1. The molecule has 3 aromatic rings. The van der Waals surface area contributed by atoms with Crippen LogP contribution < -0.4 is 15.2 Å². The van der Waals surface area contributed by atoms with Crippen molar-refractivity contribution in [2.24, 2.45) is 5.73 Å². The van der Waals surface area contributed by atoms with Crippen LogP contribution in [0.5, 0.6) is 17.4 Å². The number of amides is 1. The average Bonchev–Trinajstić information content (AvgIpc) is 2.55. The Bertz CT molecular complexity index is 983. The van der Waals surface area contributed by atoms with Crippen LogP contribution in [-0.2, 0) is 5.41 Å². The fourth-order valence-corrected chi connectivity index (χ4v) is 2.80. The standard InChI is InChI=1S/C19H18ClN3O3/c1-19(2,3)13-10-14(25-15-8-9-22-17(20)23-15)11-6-4-5-7-12(11)16(13)26-18(21)24/h4-10H,1-3H3,(H2,21,24). The minimum Gasteiger partial charge on any atom is -0.438 e. The van der Waals surface area contributed by atoms with Gasteiger partial charge in [0.1, 0.15) is 11.5 Å². The quantitative estimate of drug-likeness (QED) is 0.666. The molecule has 0 saturated carbocycles. The van der Waals surface area contributed by atoms with Gasteiger partial charge in [-0.3, -0.25) is 0 Å². The molecule has 0 spiro atoms. The van der Waals surface area contributed by atoms with Crippen LogP contribution in [0.4, 0.5) is 4.79 Å². The highest BCUT2D eigenvalue weighted by Gasteiger charge is 2.25. The molecule has 0 aliphatic heterocycles. The minimum atomic E-state index is -0.864. The van der Waals surface area contributed by atoms with Crippen LogP contribution in [0.3, 0.4) is 0 Å². The molecule has 134 valence electrons. The molecule has 0 radical (unpaired) electrons. The molecule has 1 heterocycles. The lowest BCUT2D eigenvalue weighted by Crippen LogP contribution is -2.20. The number of aromatic nitrogens is 2. The van der Waals surface area contributed by atoms with E-state index < -0.39 is 6.09 Å². The maximum Gasteiger partial charge on any atom is 0.409 e. The second-order valence-electron chi connectivity index (χ2n) is 6.73. The molecule has 7 heteroatoms. The first-order valence-electron chi connectivity index (χ1n) is 7.95. The molecule has 26 heavy (non-hydrogen) atoms. The van der Waals surface area contributed by atoms with Crippen LogP contribution in [-0.4, -0.2) is 16.1 Å². The van der Waals surface area contributed by atoms with Crippen molar-refractivity contribution in [2.45, 2.75) is 26.2 Å². The van der Waals surface area contributed by atoms with Gasteiger partial charge in [0.25, 0.3) is 0 Å². The molecule has 2 aromatic carbocycles. The van der Waals surface area contributed by atoms with Gasteiger partial charge in [0, 0.05) is 28.6 Å². The largest absolute Gasteiger partial charge is 0.438 e. The van der Waals surface area contributed by atoms with Gasteiger partial charge in [-0.2, -0.15) is 4.98 Å². The predicted octanol–water partition coefficient (Wildman–Crippen LogP) is 4.83. The van der Waals surface area contributed by atoms with Crippen LogP contribution in [0.25, 0.3) is 10.8 Å². The van der Waals surface area contributed by atoms with E-state index >= 15 is 0 Å². The molecule has 0 fully saturated rings. The van der Waals surface area contributed by atoms with E-state index in [1.807, 2.05) is 51.1 Å². The minimum absolute atomic E-state index is 0.0940. The SMILES string of the molecule is CC(C)(C)c1cc(Oc2ccnc(Cl)n2)c2ccccc2c1OC(N)=O. The summed E-state index contributed by atoms with van der Waals surface area (Å²) < 4.78 is 11.3. The molecule has 1 amide bonds. The predicted molar refractivity (Wildman–Crippen MR) is 100.0 cm³/mol. The zero-order valence-corrected chi connectivity index (χ0v) is 15.4. The van der Waals surface area contributed by atoms with Crippen LogP contribution in [0.2, 0.25) is 5.28 Å². The number of nitrogens with zero attached hydrogens (tertiary/aromatic N) is 2. The number of benzene rings is 2. The second kappa shape index (κ2) is 6.80. The van der Waals surface area contributed by atoms with Gasteiger partial charge < -0.3 is 15.2 Å². The number of ether oxygens (including phenoxy) is 2. The van der Waals surface area contributed by atoms with Crippen molar-refractivity contribution in [3.63, 3.8) is 0 Å². The summed E-state index contributed by atoms with van der Waals surface area (Å²) in [5, 5.41) is 1.57. The summed E-state index contributed by atoms with van der Waals surface area (Å²) in [7, 11) is 0. The van der Waals surface area contributed by atoms with E-state index in [1.165, 1.54) is 6.20 Å². The Morgan fingerprint density at radius 2 is 1.85 bits per heavy atom. The highest BCUT2D eigenvalue weighted by atomic mass is 35.5. The number of carbonyl (C=O) groups is 1. The van der Waals surface area contributed by atoms with E-state index in [1.54, 1.807) is 6.07 Å². The monoisotopic (exact) mass is 371 g/mol. The van der Waals surface area contributed by atoms with Crippen molar-refractivity contribution >= 4 is 28.5 Å². The molecule has 0 bridgehead atoms. The van der Waals surface area contributed by atoms with Gasteiger partial charge in [-0.25, -0.2) is 9.78 Å². The molecule has 0 atom stereocenters. The summed E-state index contributed by atoms with van der Waals surface area (Å²) in [4.78, 5) is 19.4. The molecular weight excluding hydrogens is 354 g/mol. The first-order valence-corrected chi connectivity index (χ1v) is 8.33. The Morgan fingerprint density at radius 1 is 1.15 bits per heavy atom. The lowest BCUT2D eigenvalue weighted by atomic mass is 9.84. The van der Waals surface area contributed by atoms with Crippen LogP contribution in [0, 0.1) is 0 Å². The highest BCUT2D eigenvalue weighted by molar-refractivity contribution is 6.28. The van der Waals surface area contributed by atoms with Crippen molar-refractivity contribution in [3.8, 4) is 17.4 Å². The van der Waals surface area contributed by atoms with Gasteiger partial charge in [0.2, 0.25) is 11.2 Å². The number of rotatable bonds is 3. The molecular formula is C19H18ClN3O3. The zero-order valence-electron chi connectivity index (χ0n) is 14.6. The average molecular weight is 372 g/mol. The van der Waals surface area contributed by atoms with Gasteiger partial charge in [-0.1, -0.05) is 45.0 Å². The first-order chi connectivity index (χ1) is 12.3. The molecule has 0 aliphatic carbocycles. The van der Waals surface area contributed by atoms with Crippen molar-refractivity contribution in [2.75, 3.05) is 0 Å². The van der Waals surface area contributed by atoms with E-state index in [9.17, 15) is 4.79 Å². The van der Waals surface area contributed by atoms with Crippen molar-refractivity contribution in [1.29, 1.82) is 0 Å². The third kappa shape index (κ3) is 3.70. The number of carbonyl (C=O) groups excluding carboxylic acids is 1. The number of primary amides is 1. The van der Waals surface area contributed by atoms with Crippen molar-refractivity contribution < 1.29 is 14.3 Å². The smallest absolute Gasteiger partial charge is 0.409 e. The lowest BCUT2D eigenvalue weighted by Gasteiger charge is -2.24. The lowest BCUT2D eigenvalue weighted by molar-refractivity contribution is 0.210. The molecule has 6 nitrogen and oxygen atoms in total. The maximum atomic E-state index is 11.4. The van der Waals surface area contributed by atoms with E-state index in [2.05, 4.69) is 9.97 Å². The van der Waals surface area contributed by atoms with Gasteiger partial charge >= 0.3 is 6.09 Å². The Morgan fingerprint density at radius 3 is 2.46 bits per heavy atom. The van der Waals surface area contributed by atoms with Gasteiger partial charge in [-0.05, 0) is 23.1 Å². The van der Waals surface area contributed by atoms with Crippen LogP contribution in [0.15, 0.2) is 42.6 Å². The van der Waals surface area contributed by atoms with Crippen molar-refractivity contribution in [3.05, 3.63) is 53.4 Å². The van der Waals surface area contributed by atoms with Gasteiger partial charge in [0.15, 0.2) is 0 Å². The van der Waals surface area contributed by atoms with Crippen LogP contribution in [0.1, 0.15) is 26.3 Å². The number of nitrogens with two attached hydrogens (primary N) is 1. The van der Waals surface area contributed by atoms with E-state index in [-0.39, 0.29) is 10.7 Å². The molecule has 1 aromatic heterocycles. The summed E-state index contributed by atoms with van der Waals surface area (Å²) in [6, 6.07) is 10.9. The first kappa shape index (κ1) is 17.9. The summed E-state index contributed by atoms with van der Waals surface area (Å²) in [6.45, 7) is 6.03. The second-order valence-corrected chi connectivity index (χ2v) is 7.07. The molecule has 3 rings (SSSR count). The highest BCUT2D eigenvalue weighted by Crippen LogP contribution is 2.43. The van der Waals surface area contributed by atoms with Crippen molar-refractivity contribution in [1.82, 2.24) is 9.97 Å². The zero-order chi connectivity index (χ0) is 18.9. The van der Waals surface area contributed by atoms with Crippen LogP contribution >= 0.6 is 11.6 Å². The van der Waals surface area contributed by atoms with Gasteiger partial charge in [-0.15, -0.1) is 0 Å². The third-order valence-electron chi connectivity index (χ3n) is 3.78. The Balaban J connectivity index is 2.25. The Labute approximate surface area is 155 Å². The summed E-state index contributed by atoms with van der Waals surface area (Å²) in [5.74, 6) is 1.31. The van der Waals surface area contributed by atoms with E-state index in [0.29, 0.717) is 22.8 Å². The summed E-state index contributed by atoms with van der Waals surface area (Å²) in [5.41, 5.74) is 5.74. The molecule has 0 aliphatic rings. The third-order valence-corrected chi connectivity index (χ3v) is 3.97. The molecule has 0 unspecified atom stereocenters. The maximum absolute atomic E-state index is 11.4.